The summed E-state index contributed by atoms with van der Waals surface area (Å²) < 4.78 is 5.00. The third kappa shape index (κ3) is 5.04. The molecule has 28 heavy (non-hydrogen) atoms. The lowest BCUT2D eigenvalue weighted by Crippen LogP contribution is -2.50. The van der Waals surface area contributed by atoms with E-state index in [1.165, 1.54) is 24.3 Å². The third-order valence-electron chi connectivity index (χ3n) is 4.54. The van der Waals surface area contributed by atoms with Gasteiger partial charge in [-0.05, 0) is 25.0 Å². The minimum Gasteiger partial charge on any atom is -0.452 e. The van der Waals surface area contributed by atoms with E-state index in [9.17, 15) is 19.6 Å². The van der Waals surface area contributed by atoms with Crippen molar-refractivity contribution in [1.29, 1.82) is 5.26 Å². The van der Waals surface area contributed by atoms with E-state index in [1.54, 1.807) is 31.2 Å². The van der Waals surface area contributed by atoms with Crippen molar-refractivity contribution in [3.63, 3.8) is 0 Å². The molecule has 6 heteroatoms. The van der Waals surface area contributed by atoms with E-state index in [1.807, 2.05) is 19.9 Å². The molecule has 0 saturated heterocycles. The average Bonchev–Trinajstić information content (AvgIpc) is 2.72. The predicted octanol–water partition coefficient (Wildman–Crippen LogP) is 3.13. The molecule has 0 aromatic heterocycles. The molecule has 0 spiro atoms. The van der Waals surface area contributed by atoms with E-state index < -0.39 is 24.0 Å². The van der Waals surface area contributed by atoms with E-state index in [-0.39, 0.29) is 17.3 Å². The normalized spacial score (nSPS) is 12.5. The van der Waals surface area contributed by atoms with Crippen LogP contribution in [0.1, 0.15) is 47.1 Å². The van der Waals surface area contributed by atoms with E-state index in [0.717, 1.165) is 0 Å². The highest BCUT2D eigenvalue weighted by molar-refractivity contribution is 6.09. The Morgan fingerprint density at radius 3 is 2.07 bits per heavy atom. The molecule has 0 bridgehead atoms. The standard InChI is InChI=1S/C22H22N2O4/c1-15(2)22(3,14-23)24-19(25)13-28-21(27)18-11-9-17(10-12-18)20(26)16-7-5-4-6-8-16/h4-12,15H,13H2,1-3H3,(H,24,25)/t22-/m1/s1. The number of carbonyl (C=O) groups excluding carboxylic acids is 3. The zero-order valence-electron chi connectivity index (χ0n) is 16.1. The van der Waals surface area contributed by atoms with Crippen molar-refractivity contribution in [3.05, 3.63) is 71.3 Å². The van der Waals surface area contributed by atoms with Gasteiger partial charge in [0.1, 0.15) is 5.54 Å². The summed E-state index contributed by atoms with van der Waals surface area (Å²) in [6.07, 6.45) is 0. The highest BCUT2D eigenvalue weighted by Crippen LogP contribution is 2.15. The van der Waals surface area contributed by atoms with Crippen LogP contribution in [0.25, 0.3) is 0 Å². The summed E-state index contributed by atoms with van der Waals surface area (Å²) in [5.41, 5.74) is 0.190. The number of ether oxygens (including phenoxy) is 1. The van der Waals surface area contributed by atoms with Crippen molar-refractivity contribution in [2.24, 2.45) is 5.92 Å². The Morgan fingerprint density at radius 1 is 1.00 bits per heavy atom. The molecule has 0 aliphatic heterocycles. The molecule has 2 aromatic rings. The summed E-state index contributed by atoms with van der Waals surface area (Å²) in [7, 11) is 0. The first-order valence-electron chi connectivity index (χ1n) is 8.86. The minimum atomic E-state index is -1.04. The molecule has 0 heterocycles. The van der Waals surface area contributed by atoms with Gasteiger partial charge < -0.3 is 10.1 Å². The summed E-state index contributed by atoms with van der Waals surface area (Å²) in [6.45, 7) is 4.75. The number of benzene rings is 2. The fourth-order valence-corrected chi connectivity index (χ4v) is 2.36. The molecular formula is C22H22N2O4. The van der Waals surface area contributed by atoms with Gasteiger partial charge in [0.15, 0.2) is 12.4 Å². The van der Waals surface area contributed by atoms with Crippen molar-refractivity contribution in [3.8, 4) is 6.07 Å². The number of nitrogens with one attached hydrogen (secondary N) is 1. The SMILES string of the molecule is CC(C)[C@@](C)(C#N)NC(=O)COC(=O)c1ccc(C(=O)c2ccccc2)cc1. The van der Waals surface area contributed by atoms with Gasteiger partial charge in [0, 0.05) is 11.1 Å². The fraction of sp³-hybridized carbons (Fsp3) is 0.273. The van der Waals surface area contributed by atoms with Gasteiger partial charge in [0.25, 0.3) is 5.91 Å². The summed E-state index contributed by atoms with van der Waals surface area (Å²) in [4.78, 5) is 36.5. The van der Waals surface area contributed by atoms with Crippen LogP contribution in [0.4, 0.5) is 0 Å². The van der Waals surface area contributed by atoms with E-state index in [0.29, 0.717) is 11.1 Å². The summed E-state index contributed by atoms with van der Waals surface area (Å²) in [5, 5.41) is 11.8. The maximum Gasteiger partial charge on any atom is 0.338 e. The second-order valence-corrected chi connectivity index (χ2v) is 6.87. The first-order valence-corrected chi connectivity index (χ1v) is 8.86. The van der Waals surface area contributed by atoms with Gasteiger partial charge in [0.05, 0.1) is 11.6 Å². The predicted molar refractivity (Wildman–Crippen MR) is 104 cm³/mol. The largest absolute Gasteiger partial charge is 0.452 e. The zero-order valence-corrected chi connectivity index (χ0v) is 16.1. The Bertz CT molecular complexity index is 898. The van der Waals surface area contributed by atoms with Crippen LogP contribution in [0.15, 0.2) is 54.6 Å². The molecule has 0 aliphatic carbocycles. The van der Waals surface area contributed by atoms with Gasteiger partial charge in [-0.15, -0.1) is 0 Å². The van der Waals surface area contributed by atoms with Crippen LogP contribution in [0.5, 0.6) is 0 Å². The number of carbonyl (C=O) groups is 3. The summed E-state index contributed by atoms with van der Waals surface area (Å²) >= 11 is 0. The number of nitrogens with zero attached hydrogens (tertiary/aromatic N) is 1. The number of rotatable bonds is 7. The molecule has 0 radical (unpaired) electrons. The molecular weight excluding hydrogens is 356 g/mol. The second-order valence-electron chi connectivity index (χ2n) is 6.87. The van der Waals surface area contributed by atoms with E-state index >= 15 is 0 Å². The molecule has 1 N–H and O–H groups in total. The molecule has 0 fully saturated rings. The van der Waals surface area contributed by atoms with Crippen molar-refractivity contribution < 1.29 is 19.1 Å². The van der Waals surface area contributed by atoms with Crippen molar-refractivity contribution >= 4 is 17.7 Å². The van der Waals surface area contributed by atoms with Crippen LogP contribution in [0, 0.1) is 17.2 Å². The summed E-state index contributed by atoms with van der Waals surface area (Å²) in [6, 6.07) is 16.9. The monoisotopic (exact) mass is 378 g/mol. The Kier molecular flexibility index (Phi) is 6.67. The Hall–Kier alpha value is -3.46. The quantitative estimate of drug-likeness (QED) is 0.590. The lowest BCUT2D eigenvalue weighted by atomic mass is 9.90. The minimum absolute atomic E-state index is 0.105. The fourth-order valence-electron chi connectivity index (χ4n) is 2.36. The zero-order chi connectivity index (χ0) is 20.7. The van der Waals surface area contributed by atoms with Crippen LogP contribution in [0.2, 0.25) is 0 Å². The number of amides is 1. The maximum absolute atomic E-state index is 12.4. The number of nitriles is 1. The lowest BCUT2D eigenvalue weighted by molar-refractivity contribution is -0.125. The average molecular weight is 378 g/mol. The van der Waals surface area contributed by atoms with Gasteiger partial charge in [-0.2, -0.15) is 5.26 Å². The van der Waals surface area contributed by atoms with Crippen LogP contribution >= 0.6 is 0 Å². The van der Waals surface area contributed by atoms with Gasteiger partial charge in [-0.3, -0.25) is 9.59 Å². The lowest BCUT2D eigenvalue weighted by Gasteiger charge is -2.27. The molecule has 0 saturated carbocycles. The first-order chi connectivity index (χ1) is 13.3. The Morgan fingerprint density at radius 2 is 1.54 bits per heavy atom. The third-order valence-corrected chi connectivity index (χ3v) is 4.54. The van der Waals surface area contributed by atoms with Gasteiger partial charge in [0.2, 0.25) is 0 Å². The maximum atomic E-state index is 12.4. The van der Waals surface area contributed by atoms with Crippen LogP contribution in [0.3, 0.4) is 0 Å². The topological polar surface area (TPSA) is 96.3 Å². The van der Waals surface area contributed by atoms with Crippen LogP contribution < -0.4 is 5.32 Å². The number of esters is 1. The van der Waals surface area contributed by atoms with Crippen molar-refractivity contribution in [2.75, 3.05) is 6.61 Å². The first kappa shape index (κ1) is 20.8. The van der Waals surface area contributed by atoms with E-state index in [4.69, 9.17) is 4.74 Å². The number of hydrogen-bond acceptors (Lipinski definition) is 5. The second kappa shape index (κ2) is 8.96. The van der Waals surface area contributed by atoms with Gasteiger partial charge >= 0.3 is 5.97 Å². The molecule has 0 unspecified atom stereocenters. The van der Waals surface area contributed by atoms with Gasteiger partial charge in [-0.1, -0.05) is 56.3 Å². The molecule has 2 rings (SSSR count). The highest BCUT2D eigenvalue weighted by Gasteiger charge is 2.30. The number of ketones is 1. The molecule has 1 amide bonds. The van der Waals surface area contributed by atoms with Crippen LogP contribution in [-0.4, -0.2) is 29.8 Å². The summed E-state index contributed by atoms with van der Waals surface area (Å²) in [5.74, 6) is -1.49. The molecule has 6 nitrogen and oxygen atoms in total. The Labute approximate surface area is 164 Å². The smallest absolute Gasteiger partial charge is 0.338 e. The molecule has 144 valence electrons. The molecule has 0 aliphatic rings. The molecule has 2 aromatic carbocycles. The molecule has 1 atom stereocenters. The van der Waals surface area contributed by atoms with E-state index in [2.05, 4.69) is 11.4 Å². The Balaban J connectivity index is 1.96. The number of hydrogen-bond donors (Lipinski definition) is 1. The van der Waals surface area contributed by atoms with Gasteiger partial charge in [-0.25, -0.2) is 4.79 Å². The van der Waals surface area contributed by atoms with Crippen LogP contribution in [-0.2, 0) is 9.53 Å². The highest BCUT2D eigenvalue weighted by atomic mass is 16.5. The van der Waals surface area contributed by atoms with Crippen molar-refractivity contribution in [2.45, 2.75) is 26.3 Å². The van der Waals surface area contributed by atoms with Crippen molar-refractivity contribution in [1.82, 2.24) is 5.32 Å².